The second-order valence-corrected chi connectivity index (χ2v) is 8.40. The highest BCUT2D eigenvalue weighted by Crippen LogP contribution is 2.23. The van der Waals surface area contributed by atoms with Gasteiger partial charge >= 0.3 is 5.97 Å². The van der Waals surface area contributed by atoms with Gasteiger partial charge in [0.1, 0.15) is 17.2 Å². The SMILES string of the molecule is CCOc1ccc(C(=O)Oc2ccc(Br)cc2/C=N\NC(=O)COc2ccc(Br)cc2)cc1. The van der Waals surface area contributed by atoms with Gasteiger partial charge in [-0.1, -0.05) is 31.9 Å². The maximum Gasteiger partial charge on any atom is 0.343 e. The summed E-state index contributed by atoms with van der Waals surface area (Å²) in [6, 6.07) is 18.9. The minimum atomic E-state index is -0.526. The summed E-state index contributed by atoms with van der Waals surface area (Å²) in [5.41, 5.74) is 3.26. The lowest BCUT2D eigenvalue weighted by atomic mass is 10.2. The molecule has 3 aromatic rings. The van der Waals surface area contributed by atoms with Crippen LogP contribution in [0.2, 0.25) is 0 Å². The molecule has 0 bridgehead atoms. The number of esters is 1. The second-order valence-electron chi connectivity index (χ2n) is 6.56. The summed E-state index contributed by atoms with van der Waals surface area (Å²) in [6.45, 7) is 2.23. The summed E-state index contributed by atoms with van der Waals surface area (Å²) in [5, 5.41) is 3.94. The molecule has 0 aliphatic rings. The fraction of sp³-hybridized carbons (Fsp3) is 0.125. The zero-order chi connectivity index (χ0) is 23.6. The lowest BCUT2D eigenvalue weighted by Gasteiger charge is -2.09. The summed E-state index contributed by atoms with van der Waals surface area (Å²) in [5.74, 6) is 0.568. The molecule has 7 nitrogen and oxygen atoms in total. The Hall–Kier alpha value is -3.17. The van der Waals surface area contributed by atoms with Crippen LogP contribution in [-0.2, 0) is 4.79 Å². The number of carbonyl (C=O) groups is 2. The fourth-order valence-corrected chi connectivity index (χ4v) is 3.25. The third kappa shape index (κ3) is 7.73. The summed E-state index contributed by atoms with van der Waals surface area (Å²) in [4.78, 5) is 24.5. The van der Waals surface area contributed by atoms with Gasteiger partial charge in [-0.2, -0.15) is 5.10 Å². The van der Waals surface area contributed by atoms with Crippen LogP contribution in [0, 0.1) is 0 Å². The standard InChI is InChI=1S/C24H20Br2N2O5/c1-2-31-20-8-3-16(4-9-20)24(30)33-22-12-7-19(26)13-17(22)14-27-28-23(29)15-32-21-10-5-18(25)6-11-21/h3-14H,2,15H2,1H3,(H,28,29)/b27-14-. The highest BCUT2D eigenvalue weighted by Gasteiger charge is 2.12. The maximum atomic E-state index is 12.5. The first-order valence-electron chi connectivity index (χ1n) is 9.89. The van der Waals surface area contributed by atoms with Crippen LogP contribution in [0.5, 0.6) is 17.2 Å². The Morgan fingerprint density at radius 3 is 2.24 bits per heavy atom. The first-order chi connectivity index (χ1) is 15.9. The molecule has 0 saturated heterocycles. The van der Waals surface area contributed by atoms with E-state index < -0.39 is 11.9 Å². The van der Waals surface area contributed by atoms with Crippen LogP contribution in [0.3, 0.4) is 0 Å². The van der Waals surface area contributed by atoms with Crippen molar-refractivity contribution in [2.45, 2.75) is 6.92 Å². The molecule has 3 rings (SSSR count). The molecule has 0 spiro atoms. The van der Waals surface area contributed by atoms with Crippen LogP contribution in [0.15, 0.2) is 80.8 Å². The number of hydrazone groups is 1. The third-order valence-electron chi connectivity index (χ3n) is 4.15. The van der Waals surface area contributed by atoms with Crippen molar-refractivity contribution in [1.82, 2.24) is 5.43 Å². The molecule has 0 aliphatic carbocycles. The Bertz CT molecular complexity index is 1130. The molecule has 0 aromatic heterocycles. The molecule has 3 aromatic carbocycles. The topological polar surface area (TPSA) is 86.2 Å². The minimum Gasteiger partial charge on any atom is -0.494 e. The van der Waals surface area contributed by atoms with Crippen molar-refractivity contribution >= 4 is 50.0 Å². The number of ether oxygens (including phenoxy) is 3. The quantitative estimate of drug-likeness (QED) is 0.161. The number of nitrogens with zero attached hydrogens (tertiary/aromatic N) is 1. The van der Waals surface area contributed by atoms with E-state index in [1.165, 1.54) is 6.21 Å². The van der Waals surface area contributed by atoms with Crippen molar-refractivity contribution in [2.24, 2.45) is 5.10 Å². The van der Waals surface area contributed by atoms with Gasteiger partial charge in [-0.05, 0) is 73.7 Å². The summed E-state index contributed by atoms with van der Waals surface area (Å²) in [7, 11) is 0. The van der Waals surface area contributed by atoms with Crippen LogP contribution in [-0.4, -0.2) is 31.3 Å². The van der Waals surface area contributed by atoms with Gasteiger partial charge in [-0.15, -0.1) is 0 Å². The lowest BCUT2D eigenvalue weighted by Crippen LogP contribution is -2.24. The van der Waals surface area contributed by atoms with E-state index >= 15 is 0 Å². The zero-order valence-electron chi connectivity index (χ0n) is 17.6. The predicted octanol–water partition coefficient (Wildman–Crippen LogP) is 5.36. The van der Waals surface area contributed by atoms with E-state index in [-0.39, 0.29) is 6.61 Å². The van der Waals surface area contributed by atoms with E-state index in [0.29, 0.717) is 35.0 Å². The molecule has 9 heteroatoms. The van der Waals surface area contributed by atoms with Gasteiger partial charge < -0.3 is 14.2 Å². The monoisotopic (exact) mass is 574 g/mol. The van der Waals surface area contributed by atoms with Crippen LogP contribution < -0.4 is 19.6 Å². The van der Waals surface area contributed by atoms with E-state index in [9.17, 15) is 9.59 Å². The van der Waals surface area contributed by atoms with Crippen LogP contribution in [0.1, 0.15) is 22.8 Å². The van der Waals surface area contributed by atoms with Crippen molar-refractivity contribution in [1.29, 1.82) is 0 Å². The molecule has 0 atom stereocenters. The number of hydrogen-bond acceptors (Lipinski definition) is 6. The number of halogens is 2. The second kappa shape index (κ2) is 12.2. The number of nitrogens with one attached hydrogen (secondary N) is 1. The summed E-state index contributed by atoms with van der Waals surface area (Å²) < 4.78 is 18.0. The maximum absolute atomic E-state index is 12.5. The molecule has 0 heterocycles. The number of benzene rings is 3. The van der Waals surface area contributed by atoms with Gasteiger partial charge in [-0.25, -0.2) is 10.2 Å². The molecule has 170 valence electrons. The van der Waals surface area contributed by atoms with Crippen molar-refractivity contribution < 1.29 is 23.8 Å². The average molecular weight is 576 g/mol. The first kappa shape index (κ1) is 24.5. The fourth-order valence-electron chi connectivity index (χ4n) is 2.61. The van der Waals surface area contributed by atoms with Crippen molar-refractivity contribution in [3.05, 3.63) is 86.8 Å². The van der Waals surface area contributed by atoms with E-state index in [0.717, 1.165) is 8.95 Å². The Morgan fingerprint density at radius 1 is 0.909 bits per heavy atom. The van der Waals surface area contributed by atoms with Gasteiger partial charge in [0.15, 0.2) is 6.61 Å². The first-order valence-corrected chi connectivity index (χ1v) is 11.5. The smallest absolute Gasteiger partial charge is 0.343 e. The Kier molecular flexibility index (Phi) is 9.03. The van der Waals surface area contributed by atoms with Crippen molar-refractivity contribution in [3.8, 4) is 17.2 Å². The molecule has 0 radical (unpaired) electrons. The predicted molar refractivity (Wildman–Crippen MR) is 132 cm³/mol. The van der Waals surface area contributed by atoms with Crippen LogP contribution in [0.25, 0.3) is 0 Å². The molecule has 1 amide bonds. The average Bonchev–Trinajstić information content (AvgIpc) is 2.81. The molecule has 0 aliphatic heterocycles. The van der Waals surface area contributed by atoms with Gasteiger partial charge in [0.2, 0.25) is 0 Å². The number of amides is 1. The summed E-state index contributed by atoms with van der Waals surface area (Å²) in [6.07, 6.45) is 1.39. The molecule has 0 fully saturated rings. The van der Waals surface area contributed by atoms with E-state index in [4.69, 9.17) is 14.2 Å². The molecule has 0 saturated carbocycles. The Balaban J connectivity index is 1.60. The minimum absolute atomic E-state index is 0.197. The van der Waals surface area contributed by atoms with Gasteiger partial charge in [0.05, 0.1) is 18.4 Å². The molecular weight excluding hydrogens is 556 g/mol. The number of carbonyl (C=O) groups excluding carboxylic acids is 2. The van der Waals surface area contributed by atoms with Crippen LogP contribution in [0.4, 0.5) is 0 Å². The molecular formula is C24H20Br2N2O5. The van der Waals surface area contributed by atoms with Crippen LogP contribution >= 0.6 is 31.9 Å². The zero-order valence-corrected chi connectivity index (χ0v) is 20.8. The summed E-state index contributed by atoms with van der Waals surface area (Å²) >= 11 is 6.72. The lowest BCUT2D eigenvalue weighted by molar-refractivity contribution is -0.123. The van der Waals surface area contributed by atoms with E-state index in [2.05, 4.69) is 42.4 Å². The number of hydrogen-bond donors (Lipinski definition) is 1. The highest BCUT2D eigenvalue weighted by atomic mass is 79.9. The number of rotatable bonds is 9. The molecule has 0 unspecified atom stereocenters. The van der Waals surface area contributed by atoms with Gasteiger partial charge in [-0.3, -0.25) is 4.79 Å². The third-order valence-corrected chi connectivity index (χ3v) is 5.17. The van der Waals surface area contributed by atoms with Crippen molar-refractivity contribution in [3.63, 3.8) is 0 Å². The largest absolute Gasteiger partial charge is 0.494 e. The van der Waals surface area contributed by atoms with E-state index in [1.807, 2.05) is 19.1 Å². The Labute approximate surface area is 208 Å². The Morgan fingerprint density at radius 2 is 1.55 bits per heavy atom. The molecule has 33 heavy (non-hydrogen) atoms. The molecule has 1 N–H and O–H groups in total. The van der Waals surface area contributed by atoms with Gasteiger partial charge in [0.25, 0.3) is 5.91 Å². The highest BCUT2D eigenvalue weighted by molar-refractivity contribution is 9.10. The van der Waals surface area contributed by atoms with Gasteiger partial charge in [0, 0.05) is 14.5 Å². The normalized spacial score (nSPS) is 10.6. The van der Waals surface area contributed by atoms with E-state index in [1.54, 1.807) is 54.6 Å². The van der Waals surface area contributed by atoms with Crippen molar-refractivity contribution in [2.75, 3.05) is 13.2 Å².